The second-order valence-corrected chi connectivity index (χ2v) is 6.92. The highest BCUT2D eigenvalue weighted by molar-refractivity contribution is 5.72. The van der Waals surface area contributed by atoms with E-state index in [1.165, 1.54) is 0 Å². The van der Waals surface area contributed by atoms with Gasteiger partial charge in [-0.1, -0.05) is 0 Å². The highest BCUT2D eigenvalue weighted by atomic mass is 16.6. The summed E-state index contributed by atoms with van der Waals surface area (Å²) in [4.78, 5) is 25.6. The van der Waals surface area contributed by atoms with Crippen LogP contribution in [0.2, 0.25) is 0 Å². The molecule has 1 amide bonds. The number of anilines is 1. The number of nitrogens with zero attached hydrogens (tertiary/aromatic N) is 3. The minimum absolute atomic E-state index is 0.229. The highest BCUT2D eigenvalue weighted by Gasteiger charge is 2.29. The molecule has 1 atom stereocenters. The highest BCUT2D eigenvalue weighted by Crippen LogP contribution is 2.20. The third kappa shape index (κ3) is 3.91. The lowest BCUT2D eigenvalue weighted by atomic mass is 10.1. The van der Waals surface area contributed by atoms with Gasteiger partial charge in [-0.25, -0.2) is 9.78 Å². The zero-order chi connectivity index (χ0) is 16.4. The summed E-state index contributed by atoms with van der Waals surface area (Å²) in [5, 5.41) is 3.30. The molecule has 0 unspecified atom stereocenters. The van der Waals surface area contributed by atoms with Gasteiger partial charge in [-0.15, -0.1) is 0 Å². The Morgan fingerprint density at radius 3 is 3.09 bits per heavy atom. The minimum atomic E-state index is -0.450. The van der Waals surface area contributed by atoms with Crippen molar-refractivity contribution < 1.29 is 9.53 Å². The van der Waals surface area contributed by atoms with Crippen molar-refractivity contribution in [2.24, 2.45) is 5.92 Å². The summed E-state index contributed by atoms with van der Waals surface area (Å²) in [6.07, 6.45) is 2.46. The molecule has 124 valence electrons. The molecule has 2 N–H and O–H groups in total. The van der Waals surface area contributed by atoms with Gasteiger partial charge in [0.2, 0.25) is 5.95 Å². The van der Waals surface area contributed by atoms with Crippen molar-refractivity contribution in [2.75, 3.05) is 25.0 Å². The van der Waals surface area contributed by atoms with Gasteiger partial charge in [0.15, 0.2) is 5.65 Å². The lowest BCUT2D eigenvalue weighted by Gasteiger charge is -2.24. The fourth-order valence-electron chi connectivity index (χ4n) is 2.66. The number of carbonyl (C=O) groups excluding carboxylic acids is 1. The molecule has 2 aromatic heterocycles. The van der Waals surface area contributed by atoms with Gasteiger partial charge in [0, 0.05) is 25.8 Å². The van der Waals surface area contributed by atoms with E-state index in [0.29, 0.717) is 18.1 Å². The Morgan fingerprint density at radius 2 is 2.35 bits per heavy atom. The topological polar surface area (TPSA) is 83.1 Å². The van der Waals surface area contributed by atoms with Gasteiger partial charge in [0.25, 0.3) is 0 Å². The summed E-state index contributed by atoms with van der Waals surface area (Å²) in [5.41, 5.74) is 1.17. The smallest absolute Gasteiger partial charge is 0.410 e. The van der Waals surface area contributed by atoms with E-state index in [1.807, 2.05) is 32.9 Å². The number of fused-ring (bicyclic) bond motifs is 1. The summed E-state index contributed by atoms with van der Waals surface area (Å²) in [5.74, 6) is 1.11. The van der Waals surface area contributed by atoms with Crippen LogP contribution in [0.3, 0.4) is 0 Å². The Hall–Kier alpha value is -2.31. The average molecular weight is 317 g/mol. The van der Waals surface area contributed by atoms with Gasteiger partial charge in [-0.05, 0) is 45.2 Å². The van der Waals surface area contributed by atoms with Gasteiger partial charge in [-0.2, -0.15) is 4.98 Å². The van der Waals surface area contributed by atoms with Crippen LogP contribution in [0.4, 0.5) is 10.7 Å². The number of ether oxygens (including phenoxy) is 1. The molecule has 0 bridgehead atoms. The maximum Gasteiger partial charge on any atom is 0.410 e. The molecule has 0 spiro atoms. The quantitative estimate of drug-likeness (QED) is 0.909. The van der Waals surface area contributed by atoms with Crippen LogP contribution in [0.25, 0.3) is 11.2 Å². The van der Waals surface area contributed by atoms with Crippen molar-refractivity contribution in [3.8, 4) is 0 Å². The van der Waals surface area contributed by atoms with Gasteiger partial charge in [-0.3, -0.25) is 0 Å². The van der Waals surface area contributed by atoms with Gasteiger partial charge in [0.05, 0.1) is 5.52 Å². The first kappa shape index (κ1) is 15.6. The Labute approximate surface area is 135 Å². The molecule has 1 aliphatic rings. The molecule has 1 saturated heterocycles. The van der Waals surface area contributed by atoms with E-state index < -0.39 is 5.60 Å². The molecule has 0 radical (unpaired) electrons. The Morgan fingerprint density at radius 1 is 1.52 bits per heavy atom. The number of carbonyl (C=O) groups is 1. The molecule has 0 aliphatic carbocycles. The van der Waals surface area contributed by atoms with Crippen molar-refractivity contribution in [3.63, 3.8) is 0 Å². The number of likely N-dealkylation sites (tertiary alicyclic amines) is 1. The SMILES string of the molecule is CC(C)(C)OC(=O)N1CC[C@H](CNc2nc3ncccc3[nH]2)C1. The standard InChI is InChI=1S/C16H23N5O2/c1-16(2,3)23-15(22)21-8-6-11(10-21)9-18-14-19-12-5-4-7-17-13(12)20-14/h4-5,7,11H,6,8-10H2,1-3H3,(H2,17,18,19,20)/t11-/m1/s1. The Bertz CT molecular complexity index is 658. The van der Waals surface area contributed by atoms with Crippen LogP contribution in [0.5, 0.6) is 0 Å². The first-order valence-corrected chi connectivity index (χ1v) is 7.93. The van der Waals surface area contributed by atoms with Gasteiger partial charge >= 0.3 is 6.09 Å². The molecule has 7 heteroatoms. The average Bonchev–Trinajstić information content (AvgIpc) is 3.09. The van der Waals surface area contributed by atoms with Gasteiger partial charge in [0.1, 0.15) is 5.60 Å². The Kier molecular flexibility index (Phi) is 4.11. The summed E-state index contributed by atoms with van der Waals surface area (Å²) < 4.78 is 5.41. The van der Waals surface area contributed by atoms with Crippen molar-refractivity contribution >= 4 is 23.2 Å². The van der Waals surface area contributed by atoms with E-state index in [-0.39, 0.29) is 6.09 Å². The minimum Gasteiger partial charge on any atom is -0.444 e. The zero-order valence-electron chi connectivity index (χ0n) is 13.8. The summed E-state index contributed by atoms with van der Waals surface area (Å²) in [7, 11) is 0. The van der Waals surface area contributed by atoms with Crippen LogP contribution in [0.15, 0.2) is 18.3 Å². The third-order valence-corrected chi connectivity index (χ3v) is 3.75. The molecule has 23 heavy (non-hydrogen) atoms. The van der Waals surface area contributed by atoms with Crippen LogP contribution in [-0.4, -0.2) is 51.2 Å². The normalized spacial score (nSPS) is 18.4. The van der Waals surface area contributed by atoms with Gasteiger partial charge < -0.3 is 19.9 Å². The number of hydrogen-bond acceptors (Lipinski definition) is 5. The number of hydrogen-bond donors (Lipinski definition) is 2. The van der Waals surface area contributed by atoms with Crippen molar-refractivity contribution in [1.29, 1.82) is 0 Å². The summed E-state index contributed by atoms with van der Waals surface area (Å²) in [6, 6.07) is 3.82. The number of nitrogens with one attached hydrogen (secondary N) is 2. The van der Waals surface area contributed by atoms with E-state index in [0.717, 1.165) is 31.0 Å². The second-order valence-electron chi connectivity index (χ2n) is 6.92. The summed E-state index contributed by atoms with van der Waals surface area (Å²) in [6.45, 7) is 7.86. The largest absolute Gasteiger partial charge is 0.444 e. The van der Waals surface area contributed by atoms with E-state index in [1.54, 1.807) is 11.1 Å². The van der Waals surface area contributed by atoms with Crippen LogP contribution >= 0.6 is 0 Å². The Balaban J connectivity index is 1.51. The third-order valence-electron chi connectivity index (χ3n) is 3.75. The zero-order valence-corrected chi connectivity index (χ0v) is 13.8. The molecule has 0 saturated carbocycles. The van der Waals surface area contributed by atoms with Crippen molar-refractivity contribution in [1.82, 2.24) is 19.9 Å². The molecular weight excluding hydrogens is 294 g/mol. The van der Waals surface area contributed by atoms with Crippen molar-refractivity contribution in [2.45, 2.75) is 32.8 Å². The predicted molar refractivity (Wildman–Crippen MR) is 88.3 cm³/mol. The first-order valence-electron chi connectivity index (χ1n) is 7.93. The molecular formula is C16H23N5O2. The van der Waals surface area contributed by atoms with Crippen LogP contribution < -0.4 is 5.32 Å². The predicted octanol–water partition coefficient (Wildman–Crippen LogP) is 2.63. The fraction of sp³-hybridized carbons (Fsp3) is 0.562. The van der Waals surface area contributed by atoms with E-state index in [2.05, 4.69) is 20.3 Å². The lowest BCUT2D eigenvalue weighted by Crippen LogP contribution is -2.35. The van der Waals surface area contributed by atoms with Crippen molar-refractivity contribution in [3.05, 3.63) is 18.3 Å². The lowest BCUT2D eigenvalue weighted by molar-refractivity contribution is 0.0289. The van der Waals surface area contributed by atoms with E-state index in [9.17, 15) is 4.79 Å². The maximum atomic E-state index is 12.1. The first-order chi connectivity index (χ1) is 10.9. The summed E-state index contributed by atoms with van der Waals surface area (Å²) >= 11 is 0. The monoisotopic (exact) mass is 317 g/mol. The van der Waals surface area contributed by atoms with Crippen LogP contribution in [-0.2, 0) is 4.74 Å². The molecule has 2 aromatic rings. The molecule has 3 rings (SSSR count). The molecule has 0 aromatic carbocycles. The molecule has 1 aliphatic heterocycles. The number of aromatic nitrogens is 3. The number of pyridine rings is 1. The van der Waals surface area contributed by atoms with E-state index in [4.69, 9.17) is 4.74 Å². The second kappa shape index (κ2) is 6.06. The molecule has 1 fully saturated rings. The number of H-pyrrole nitrogens is 1. The van der Waals surface area contributed by atoms with Crippen LogP contribution in [0, 0.1) is 5.92 Å². The number of amides is 1. The number of rotatable bonds is 3. The number of imidazole rings is 1. The number of aromatic amines is 1. The maximum absolute atomic E-state index is 12.1. The van der Waals surface area contributed by atoms with E-state index >= 15 is 0 Å². The van der Waals surface area contributed by atoms with Crippen LogP contribution in [0.1, 0.15) is 27.2 Å². The molecule has 7 nitrogen and oxygen atoms in total. The fourth-order valence-corrected chi connectivity index (χ4v) is 2.66. The molecule has 3 heterocycles.